The second-order valence-electron chi connectivity index (χ2n) is 10.3. The second kappa shape index (κ2) is 6.67. The Bertz CT molecular complexity index is 797. The van der Waals surface area contributed by atoms with Crippen molar-refractivity contribution in [2.45, 2.75) is 89.4 Å². The Labute approximate surface area is 174 Å². The second-order valence-corrected chi connectivity index (χ2v) is 10.3. The molecule has 4 heteroatoms. The van der Waals surface area contributed by atoms with E-state index < -0.39 is 16.8 Å². The fourth-order valence-electron chi connectivity index (χ4n) is 7.28. The van der Waals surface area contributed by atoms with Gasteiger partial charge in [-0.1, -0.05) is 25.8 Å². The summed E-state index contributed by atoms with van der Waals surface area (Å²) in [5.41, 5.74) is -0.317. The van der Waals surface area contributed by atoms with E-state index in [-0.39, 0.29) is 5.41 Å². The topological polar surface area (TPSA) is 55.8 Å². The number of hydrogen-bond donors (Lipinski definition) is 1. The fraction of sp³-hybridized carbons (Fsp3) is 0.800. The predicted octanol–water partition coefficient (Wildman–Crippen LogP) is 4.16. The molecular weight excluding hydrogens is 364 g/mol. The molecule has 1 saturated heterocycles. The summed E-state index contributed by atoms with van der Waals surface area (Å²) in [4.78, 5) is 12.7. The standard InChI is InChI=1S/C25H34O4/c1-3-4-5-10-23-13-14-25(28-15-16-29-25)17-24(23,27)12-8-18-19-6-7-21(26)22(19,2)11-9-20(18)23/h9,18-19,27H,3-4,6-8,11-17H2,1-2H3/t18-,19-,22-,23+,24+/m0/s1. The third-order valence-electron chi connectivity index (χ3n) is 8.86. The number of unbranched alkanes of at least 4 members (excludes halogenated alkanes) is 1. The maximum absolute atomic E-state index is 12.7. The Morgan fingerprint density at radius 1 is 1.21 bits per heavy atom. The SMILES string of the molecule is CCCC#C[C@]12CCC3(C[C@]1(O)CC[C@@H]1C2=CC[C@]2(C)C(=O)CC[C@@H]12)OCCO3. The molecule has 1 N–H and O–H groups in total. The zero-order chi connectivity index (χ0) is 20.3. The van der Waals surface area contributed by atoms with Crippen LogP contribution in [-0.4, -0.2) is 35.5 Å². The van der Waals surface area contributed by atoms with E-state index in [1.165, 1.54) is 5.57 Å². The van der Waals surface area contributed by atoms with Crippen molar-refractivity contribution in [2.24, 2.45) is 22.7 Å². The number of carbonyl (C=O) groups excluding carboxylic acids is 1. The third kappa shape index (κ3) is 2.67. The fourth-order valence-corrected chi connectivity index (χ4v) is 7.28. The highest BCUT2D eigenvalue weighted by molar-refractivity contribution is 5.87. The molecule has 0 amide bonds. The van der Waals surface area contributed by atoms with E-state index in [1.54, 1.807) is 0 Å². The average Bonchev–Trinajstić information content (AvgIpc) is 3.27. The van der Waals surface area contributed by atoms with Gasteiger partial charge in [-0.15, -0.1) is 5.92 Å². The van der Waals surface area contributed by atoms with E-state index in [0.717, 1.165) is 44.9 Å². The molecule has 5 aliphatic rings. The van der Waals surface area contributed by atoms with Crippen molar-refractivity contribution in [3.63, 3.8) is 0 Å². The number of Topliss-reactive ketones (excluding diaryl/α,β-unsaturated/α-hetero) is 1. The first-order valence-electron chi connectivity index (χ1n) is 11.6. The molecule has 0 aromatic carbocycles. The zero-order valence-electron chi connectivity index (χ0n) is 17.9. The molecule has 1 aliphatic heterocycles. The largest absolute Gasteiger partial charge is 0.388 e. The van der Waals surface area contributed by atoms with Crippen LogP contribution in [0.5, 0.6) is 0 Å². The van der Waals surface area contributed by atoms with Crippen molar-refractivity contribution in [3.8, 4) is 11.8 Å². The summed E-state index contributed by atoms with van der Waals surface area (Å²) < 4.78 is 12.0. The van der Waals surface area contributed by atoms with Crippen molar-refractivity contribution in [2.75, 3.05) is 13.2 Å². The van der Waals surface area contributed by atoms with E-state index in [9.17, 15) is 9.90 Å². The van der Waals surface area contributed by atoms with E-state index in [0.29, 0.717) is 50.1 Å². The minimum atomic E-state index is -0.922. The lowest BCUT2D eigenvalue weighted by atomic mass is 9.46. The Hall–Kier alpha value is -1.15. The minimum absolute atomic E-state index is 0.213. The first-order chi connectivity index (χ1) is 13.9. The summed E-state index contributed by atoms with van der Waals surface area (Å²) in [7, 11) is 0. The maximum Gasteiger partial charge on any atom is 0.171 e. The number of ketones is 1. The lowest BCUT2D eigenvalue weighted by molar-refractivity contribution is -0.247. The monoisotopic (exact) mass is 398 g/mol. The van der Waals surface area contributed by atoms with Crippen LogP contribution in [0.4, 0.5) is 0 Å². The summed E-state index contributed by atoms with van der Waals surface area (Å²) in [6.45, 7) is 5.54. The Morgan fingerprint density at radius 3 is 2.76 bits per heavy atom. The predicted molar refractivity (Wildman–Crippen MR) is 110 cm³/mol. The number of allylic oxidation sites excluding steroid dienone is 1. The highest BCUT2D eigenvalue weighted by Crippen LogP contribution is 2.66. The van der Waals surface area contributed by atoms with Gasteiger partial charge in [-0.25, -0.2) is 0 Å². The van der Waals surface area contributed by atoms with Gasteiger partial charge in [-0.3, -0.25) is 4.79 Å². The molecule has 0 bridgehead atoms. The van der Waals surface area contributed by atoms with E-state index >= 15 is 0 Å². The van der Waals surface area contributed by atoms with E-state index in [1.807, 2.05) is 0 Å². The van der Waals surface area contributed by atoms with Gasteiger partial charge in [0.15, 0.2) is 5.79 Å². The molecule has 1 heterocycles. The molecule has 29 heavy (non-hydrogen) atoms. The van der Waals surface area contributed by atoms with Crippen LogP contribution in [0.25, 0.3) is 0 Å². The summed E-state index contributed by atoms with van der Waals surface area (Å²) in [6, 6.07) is 0. The molecule has 158 valence electrons. The number of fused-ring (bicyclic) bond motifs is 5. The zero-order valence-corrected chi connectivity index (χ0v) is 17.9. The maximum atomic E-state index is 12.7. The van der Waals surface area contributed by atoms with Crippen LogP contribution >= 0.6 is 0 Å². The van der Waals surface area contributed by atoms with Gasteiger partial charge in [0, 0.05) is 31.1 Å². The van der Waals surface area contributed by atoms with Gasteiger partial charge < -0.3 is 14.6 Å². The Morgan fingerprint density at radius 2 is 2.00 bits per heavy atom. The van der Waals surface area contributed by atoms with Crippen molar-refractivity contribution < 1.29 is 19.4 Å². The molecule has 1 spiro atoms. The smallest absolute Gasteiger partial charge is 0.171 e. The van der Waals surface area contributed by atoms with Gasteiger partial charge in [0.25, 0.3) is 0 Å². The normalized spacial score (nSPS) is 45.1. The highest BCUT2D eigenvalue weighted by atomic mass is 16.7. The number of rotatable bonds is 1. The summed E-state index contributed by atoms with van der Waals surface area (Å²) in [6.07, 6.45) is 10.4. The Kier molecular flexibility index (Phi) is 4.55. The quantitative estimate of drug-likeness (QED) is 0.532. The molecule has 4 nitrogen and oxygen atoms in total. The van der Waals surface area contributed by atoms with Gasteiger partial charge in [-0.05, 0) is 55.9 Å². The molecule has 5 rings (SSSR count). The minimum Gasteiger partial charge on any atom is -0.388 e. The van der Waals surface area contributed by atoms with Crippen molar-refractivity contribution in [1.29, 1.82) is 0 Å². The van der Waals surface area contributed by atoms with Gasteiger partial charge in [0.2, 0.25) is 0 Å². The summed E-state index contributed by atoms with van der Waals surface area (Å²) >= 11 is 0. The molecule has 5 atom stereocenters. The van der Waals surface area contributed by atoms with E-state index in [2.05, 4.69) is 31.8 Å². The first kappa shape index (κ1) is 19.8. The van der Waals surface area contributed by atoms with Crippen LogP contribution in [0.2, 0.25) is 0 Å². The highest BCUT2D eigenvalue weighted by Gasteiger charge is 2.66. The van der Waals surface area contributed by atoms with Crippen molar-refractivity contribution in [1.82, 2.24) is 0 Å². The van der Waals surface area contributed by atoms with Crippen LogP contribution < -0.4 is 0 Å². The lowest BCUT2D eigenvalue weighted by Gasteiger charge is -2.60. The van der Waals surface area contributed by atoms with Crippen LogP contribution in [0.3, 0.4) is 0 Å². The molecule has 0 aromatic heterocycles. The van der Waals surface area contributed by atoms with Gasteiger partial charge >= 0.3 is 0 Å². The van der Waals surface area contributed by atoms with Gasteiger partial charge in [-0.2, -0.15) is 0 Å². The van der Waals surface area contributed by atoms with Crippen LogP contribution in [0, 0.1) is 34.5 Å². The molecule has 0 unspecified atom stereocenters. The van der Waals surface area contributed by atoms with Crippen LogP contribution in [0.1, 0.15) is 78.1 Å². The third-order valence-corrected chi connectivity index (χ3v) is 8.86. The van der Waals surface area contributed by atoms with Gasteiger partial charge in [0.05, 0.1) is 24.2 Å². The molecule has 4 fully saturated rings. The molecule has 3 saturated carbocycles. The van der Waals surface area contributed by atoms with Crippen molar-refractivity contribution >= 4 is 5.78 Å². The molecular formula is C25H34O4. The first-order valence-corrected chi connectivity index (χ1v) is 11.6. The molecule has 4 aliphatic carbocycles. The number of hydrogen-bond acceptors (Lipinski definition) is 4. The summed E-state index contributed by atoms with van der Waals surface area (Å²) in [5, 5.41) is 12.1. The average molecular weight is 399 g/mol. The van der Waals surface area contributed by atoms with Crippen LogP contribution in [-0.2, 0) is 14.3 Å². The van der Waals surface area contributed by atoms with E-state index in [4.69, 9.17) is 9.47 Å². The summed E-state index contributed by atoms with van der Waals surface area (Å²) in [5.74, 6) is 7.60. The van der Waals surface area contributed by atoms with Crippen molar-refractivity contribution in [3.05, 3.63) is 11.6 Å². The number of carbonyl (C=O) groups is 1. The lowest BCUT2D eigenvalue weighted by Crippen LogP contribution is -2.62. The number of ether oxygens (including phenoxy) is 2. The van der Waals surface area contributed by atoms with Gasteiger partial charge in [0.1, 0.15) is 5.78 Å². The number of aliphatic hydroxyl groups is 1. The Balaban J connectivity index is 1.58. The molecule has 0 radical (unpaired) electrons. The molecule has 0 aromatic rings. The van der Waals surface area contributed by atoms with Crippen LogP contribution in [0.15, 0.2) is 11.6 Å².